The summed E-state index contributed by atoms with van der Waals surface area (Å²) in [6.45, 7) is 11.7. The molecule has 0 atom stereocenters. The van der Waals surface area contributed by atoms with Crippen molar-refractivity contribution in [3.05, 3.63) is 0 Å². The fourth-order valence-corrected chi connectivity index (χ4v) is 4.68. The summed E-state index contributed by atoms with van der Waals surface area (Å²) in [6.07, 6.45) is 18.7. The molecular formula is C23H47N2O. The molecule has 0 aromatic carbocycles. The highest BCUT2D eigenvalue weighted by Gasteiger charge is 2.45. The molecule has 1 aliphatic heterocycles. The maximum absolute atomic E-state index is 12.4. The molecule has 1 rings (SSSR count). The summed E-state index contributed by atoms with van der Waals surface area (Å²) in [4.78, 5) is 0. The van der Waals surface area contributed by atoms with Crippen molar-refractivity contribution in [1.29, 1.82) is 0 Å². The number of nitrogens with zero attached hydrogens (tertiary/aromatic N) is 1. The zero-order valence-electron chi connectivity index (χ0n) is 18.5. The SMILES string of the molecule is CCCCCCCCCCCCCCNC1CC(C)(C)N([O])C(C)(C)C1. The molecule has 1 N–H and O–H groups in total. The summed E-state index contributed by atoms with van der Waals surface area (Å²) in [6, 6.07) is 0.484. The van der Waals surface area contributed by atoms with Crippen LogP contribution in [0.15, 0.2) is 0 Å². The lowest BCUT2D eigenvalue weighted by atomic mass is 9.79. The lowest BCUT2D eigenvalue weighted by molar-refractivity contribution is -0.290. The largest absolute Gasteiger partial charge is 0.314 e. The molecule has 3 nitrogen and oxygen atoms in total. The van der Waals surface area contributed by atoms with Crippen LogP contribution >= 0.6 is 0 Å². The van der Waals surface area contributed by atoms with E-state index in [4.69, 9.17) is 0 Å². The Kier molecular flexibility index (Phi) is 11.4. The Bertz CT molecular complexity index is 336. The van der Waals surface area contributed by atoms with Gasteiger partial charge in [-0.05, 0) is 53.5 Å². The molecule has 26 heavy (non-hydrogen) atoms. The van der Waals surface area contributed by atoms with Crippen LogP contribution in [0.4, 0.5) is 0 Å². The number of unbranched alkanes of at least 4 members (excludes halogenated alkanes) is 11. The van der Waals surface area contributed by atoms with Crippen molar-refractivity contribution >= 4 is 0 Å². The van der Waals surface area contributed by atoms with Crippen molar-refractivity contribution in [1.82, 2.24) is 10.4 Å². The summed E-state index contributed by atoms with van der Waals surface area (Å²) in [5.41, 5.74) is -0.508. The van der Waals surface area contributed by atoms with E-state index in [1.54, 1.807) is 0 Å². The monoisotopic (exact) mass is 367 g/mol. The Hall–Kier alpha value is -0.120. The Morgan fingerprint density at radius 1 is 0.731 bits per heavy atom. The normalized spacial score (nSPS) is 20.5. The summed E-state index contributed by atoms with van der Waals surface area (Å²) >= 11 is 0. The molecule has 1 fully saturated rings. The summed E-state index contributed by atoms with van der Waals surface area (Å²) in [5.74, 6) is 0. The fraction of sp³-hybridized carbons (Fsp3) is 1.00. The lowest BCUT2D eigenvalue weighted by Crippen LogP contribution is -2.61. The molecule has 0 amide bonds. The van der Waals surface area contributed by atoms with Gasteiger partial charge in [0.1, 0.15) is 0 Å². The molecule has 0 spiro atoms. The van der Waals surface area contributed by atoms with Gasteiger partial charge in [-0.3, -0.25) is 0 Å². The summed E-state index contributed by atoms with van der Waals surface area (Å²) in [7, 11) is 0. The van der Waals surface area contributed by atoms with Gasteiger partial charge in [-0.2, -0.15) is 0 Å². The number of piperidine rings is 1. The number of nitrogens with one attached hydrogen (secondary N) is 1. The van der Waals surface area contributed by atoms with Crippen LogP contribution in [0, 0.1) is 0 Å². The average molecular weight is 368 g/mol. The molecule has 1 saturated heterocycles. The van der Waals surface area contributed by atoms with Crippen molar-refractivity contribution in [3.63, 3.8) is 0 Å². The van der Waals surface area contributed by atoms with E-state index in [1.165, 1.54) is 82.1 Å². The van der Waals surface area contributed by atoms with Crippen LogP contribution in [-0.4, -0.2) is 28.7 Å². The molecule has 155 valence electrons. The van der Waals surface area contributed by atoms with Crippen LogP contribution in [0.5, 0.6) is 0 Å². The highest BCUT2D eigenvalue weighted by Crippen LogP contribution is 2.36. The second-order valence-electron chi connectivity index (χ2n) is 9.87. The van der Waals surface area contributed by atoms with E-state index < -0.39 is 0 Å². The van der Waals surface area contributed by atoms with Crippen molar-refractivity contribution in [3.8, 4) is 0 Å². The van der Waals surface area contributed by atoms with Gasteiger partial charge < -0.3 is 5.32 Å². The highest BCUT2D eigenvalue weighted by atomic mass is 16.5. The Morgan fingerprint density at radius 3 is 1.54 bits per heavy atom. The highest BCUT2D eigenvalue weighted by molar-refractivity contribution is 4.98. The number of hydrogen-bond donors (Lipinski definition) is 1. The molecule has 0 saturated carbocycles. The number of hydrogen-bond acceptors (Lipinski definition) is 2. The first kappa shape index (κ1) is 23.9. The molecule has 0 aromatic rings. The van der Waals surface area contributed by atoms with E-state index in [2.05, 4.69) is 39.9 Å². The van der Waals surface area contributed by atoms with Crippen LogP contribution in [0.25, 0.3) is 0 Å². The zero-order valence-corrected chi connectivity index (χ0v) is 18.5. The minimum atomic E-state index is -0.254. The lowest BCUT2D eigenvalue weighted by Gasteiger charge is -2.50. The fourth-order valence-electron chi connectivity index (χ4n) is 4.68. The molecule has 1 radical (unpaired) electrons. The molecule has 0 unspecified atom stereocenters. The van der Waals surface area contributed by atoms with Crippen molar-refractivity contribution in [2.24, 2.45) is 0 Å². The number of rotatable bonds is 14. The standard InChI is InChI=1S/C23H47N2O/c1-6-7-8-9-10-11-12-13-14-15-16-17-18-24-21-19-22(2,3)25(26)23(4,5)20-21/h21,24H,6-20H2,1-5H3. The minimum absolute atomic E-state index is 0.254. The zero-order chi connectivity index (χ0) is 19.5. The van der Waals surface area contributed by atoms with E-state index in [0.717, 1.165) is 19.4 Å². The Labute approximate surface area is 164 Å². The molecule has 3 heteroatoms. The Morgan fingerprint density at radius 2 is 1.12 bits per heavy atom. The van der Waals surface area contributed by atoms with Gasteiger partial charge in [-0.1, -0.05) is 77.6 Å². The molecule has 0 bridgehead atoms. The maximum atomic E-state index is 12.4. The second kappa shape index (κ2) is 12.4. The van der Waals surface area contributed by atoms with Crippen molar-refractivity contribution in [2.45, 2.75) is 142 Å². The molecule has 1 aliphatic rings. The van der Waals surface area contributed by atoms with E-state index >= 15 is 0 Å². The van der Waals surface area contributed by atoms with Gasteiger partial charge in [-0.15, -0.1) is 10.3 Å². The van der Waals surface area contributed by atoms with Gasteiger partial charge in [0.15, 0.2) is 0 Å². The Balaban J connectivity index is 1.96. The first-order chi connectivity index (χ1) is 12.3. The summed E-state index contributed by atoms with van der Waals surface area (Å²) < 4.78 is 0. The van der Waals surface area contributed by atoms with Crippen molar-refractivity contribution in [2.75, 3.05) is 6.54 Å². The third kappa shape index (κ3) is 9.19. The van der Waals surface area contributed by atoms with Crippen LogP contribution in [0.3, 0.4) is 0 Å². The summed E-state index contributed by atoms with van der Waals surface area (Å²) in [5, 5.41) is 17.4. The first-order valence-electron chi connectivity index (χ1n) is 11.5. The third-order valence-corrected chi connectivity index (χ3v) is 6.05. The van der Waals surface area contributed by atoms with Crippen LogP contribution in [0.2, 0.25) is 0 Å². The number of hydroxylamine groups is 2. The third-order valence-electron chi connectivity index (χ3n) is 6.05. The van der Waals surface area contributed by atoms with Gasteiger partial charge in [0.05, 0.1) is 0 Å². The molecule has 0 aromatic heterocycles. The van der Waals surface area contributed by atoms with E-state index in [-0.39, 0.29) is 11.1 Å². The molecule has 0 aliphatic carbocycles. The van der Waals surface area contributed by atoms with E-state index in [1.807, 2.05) is 0 Å². The maximum Gasteiger partial charge on any atom is 0.0458 e. The quantitative estimate of drug-likeness (QED) is 0.349. The van der Waals surface area contributed by atoms with Crippen LogP contribution in [0.1, 0.15) is 125 Å². The van der Waals surface area contributed by atoms with Gasteiger partial charge in [0.25, 0.3) is 0 Å². The van der Waals surface area contributed by atoms with Gasteiger partial charge in [0, 0.05) is 17.1 Å². The molecular weight excluding hydrogens is 320 g/mol. The predicted octanol–water partition coefficient (Wildman–Crippen LogP) is 6.64. The first-order valence-corrected chi connectivity index (χ1v) is 11.5. The minimum Gasteiger partial charge on any atom is -0.314 e. The van der Waals surface area contributed by atoms with Crippen LogP contribution in [-0.2, 0) is 5.21 Å². The van der Waals surface area contributed by atoms with Gasteiger partial charge in [-0.25, -0.2) is 0 Å². The predicted molar refractivity (Wildman–Crippen MR) is 113 cm³/mol. The van der Waals surface area contributed by atoms with E-state index in [0.29, 0.717) is 6.04 Å². The average Bonchev–Trinajstić information content (AvgIpc) is 2.56. The van der Waals surface area contributed by atoms with E-state index in [9.17, 15) is 5.21 Å². The van der Waals surface area contributed by atoms with Gasteiger partial charge >= 0.3 is 0 Å². The molecule has 1 heterocycles. The van der Waals surface area contributed by atoms with Gasteiger partial charge in [0.2, 0.25) is 0 Å². The smallest absolute Gasteiger partial charge is 0.0458 e. The van der Waals surface area contributed by atoms with Crippen LogP contribution < -0.4 is 5.32 Å². The topological polar surface area (TPSA) is 35.2 Å². The second-order valence-corrected chi connectivity index (χ2v) is 9.87. The van der Waals surface area contributed by atoms with Crippen molar-refractivity contribution < 1.29 is 5.21 Å².